The van der Waals surface area contributed by atoms with Gasteiger partial charge in [0.05, 0.1) is 17.3 Å². The molecule has 0 spiro atoms. The van der Waals surface area contributed by atoms with E-state index in [1.54, 1.807) is 19.1 Å². The number of aliphatic hydroxyl groups is 4. The van der Waals surface area contributed by atoms with Crippen molar-refractivity contribution in [1.82, 2.24) is 0 Å². The first-order chi connectivity index (χ1) is 10.3. The lowest BCUT2D eigenvalue weighted by Gasteiger charge is -2.29. The van der Waals surface area contributed by atoms with Crippen molar-refractivity contribution in [3.05, 3.63) is 47.6 Å². The molecule has 4 nitrogen and oxygen atoms in total. The first kappa shape index (κ1) is 17.2. The minimum absolute atomic E-state index is 0.0280. The molecule has 3 unspecified atom stereocenters. The maximum absolute atomic E-state index is 10.3. The Hall–Kier alpha value is -1.20. The zero-order valence-corrected chi connectivity index (χ0v) is 13.1. The van der Waals surface area contributed by atoms with Crippen LogP contribution in [0.25, 0.3) is 0 Å². The van der Waals surface area contributed by atoms with Gasteiger partial charge in [-0.1, -0.05) is 36.5 Å². The number of allylic oxidation sites excluding steroid dienone is 4. The topological polar surface area (TPSA) is 80.9 Å². The molecular formula is C18H26O4. The molecule has 0 radical (unpaired) electrons. The van der Waals surface area contributed by atoms with Gasteiger partial charge < -0.3 is 20.4 Å². The van der Waals surface area contributed by atoms with Crippen LogP contribution in [0, 0.1) is 0 Å². The predicted octanol–water partition coefficient (Wildman–Crippen LogP) is 1.76. The standard InChI is InChI=1S/C18H26O4/c1-14(20)13-18(22)8-4-16(5-9-18)12-15-2-6-17(21,7-3-15)10-11-19/h2-6,8,14,19-22H,7,9-13H2,1H3. The molecule has 3 atom stereocenters. The molecular weight excluding hydrogens is 280 g/mol. The smallest absolute Gasteiger partial charge is 0.0889 e. The van der Waals surface area contributed by atoms with Crippen LogP contribution < -0.4 is 0 Å². The van der Waals surface area contributed by atoms with E-state index in [0.717, 1.165) is 17.6 Å². The molecule has 0 saturated heterocycles. The van der Waals surface area contributed by atoms with Gasteiger partial charge in [0.2, 0.25) is 0 Å². The summed E-state index contributed by atoms with van der Waals surface area (Å²) in [6.07, 6.45) is 13.3. The van der Waals surface area contributed by atoms with Gasteiger partial charge in [0.15, 0.2) is 0 Å². The zero-order chi connectivity index (χ0) is 16.2. The molecule has 2 rings (SSSR count). The summed E-state index contributed by atoms with van der Waals surface area (Å²) >= 11 is 0. The van der Waals surface area contributed by atoms with E-state index >= 15 is 0 Å². The molecule has 0 aromatic carbocycles. The van der Waals surface area contributed by atoms with Crippen molar-refractivity contribution in [1.29, 1.82) is 0 Å². The maximum Gasteiger partial charge on any atom is 0.0889 e. The summed E-state index contributed by atoms with van der Waals surface area (Å²) in [7, 11) is 0. The number of rotatable bonds is 6. The summed E-state index contributed by atoms with van der Waals surface area (Å²) in [5.74, 6) is 0. The summed E-state index contributed by atoms with van der Waals surface area (Å²) in [5.41, 5.74) is 0.376. The van der Waals surface area contributed by atoms with Gasteiger partial charge in [-0.3, -0.25) is 0 Å². The largest absolute Gasteiger partial charge is 0.396 e. The lowest BCUT2D eigenvalue weighted by molar-refractivity contribution is 0.0343. The highest BCUT2D eigenvalue weighted by Gasteiger charge is 2.27. The van der Waals surface area contributed by atoms with Gasteiger partial charge in [-0.15, -0.1) is 0 Å². The zero-order valence-electron chi connectivity index (χ0n) is 13.1. The van der Waals surface area contributed by atoms with Crippen molar-refractivity contribution in [2.75, 3.05) is 6.61 Å². The molecule has 22 heavy (non-hydrogen) atoms. The van der Waals surface area contributed by atoms with Crippen LogP contribution in [0.5, 0.6) is 0 Å². The van der Waals surface area contributed by atoms with Crippen LogP contribution in [0.1, 0.15) is 39.0 Å². The van der Waals surface area contributed by atoms with Crippen molar-refractivity contribution in [3.8, 4) is 0 Å². The Bertz CT molecular complexity index is 515. The fourth-order valence-electron chi connectivity index (χ4n) is 2.95. The van der Waals surface area contributed by atoms with Crippen molar-refractivity contribution in [2.24, 2.45) is 0 Å². The average Bonchev–Trinajstić information content (AvgIpc) is 2.43. The molecule has 0 fully saturated rings. The monoisotopic (exact) mass is 306 g/mol. The molecule has 2 aliphatic carbocycles. The van der Waals surface area contributed by atoms with Crippen LogP contribution in [0.3, 0.4) is 0 Å². The Morgan fingerprint density at radius 2 is 1.59 bits per heavy atom. The van der Waals surface area contributed by atoms with Crippen LogP contribution in [-0.2, 0) is 0 Å². The summed E-state index contributed by atoms with van der Waals surface area (Å²) < 4.78 is 0. The highest BCUT2D eigenvalue weighted by atomic mass is 16.3. The number of hydrogen-bond acceptors (Lipinski definition) is 4. The Kier molecular flexibility index (Phi) is 5.40. The second-order valence-electron chi connectivity index (χ2n) is 6.54. The molecule has 0 aromatic heterocycles. The maximum atomic E-state index is 10.3. The van der Waals surface area contributed by atoms with E-state index in [0.29, 0.717) is 25.7 Å². The van der Waals surface area contributed by atoms with Gasteiger partial charge in [0, 0.05) is 19.4 Å². The normalized spacial score (nSPS) is 32.6. The van der Waals surface area contributed by atoms with Gasteiger partial charge >= 0.3 is 0 Å². The fourth-order valence-corrected chi connectivity index (χ4v) is 2.95. The van der Waals surface area contributed by atoms with Gasteiger partial charge in [0.1, 0.15) is 0 Å². The minimum Gasteiger partial charge on any atom is -0.396 e. The Morgan fingerprint density at radius 1 is 1.05 bits per heavy atom. The van der Waals surface area contributed by atoms with Crippen molar-refractivity contribution < 1.29 is 20.4 Å². The van der Waals surface area contributed by atoms with Crippen LogP contribution in [0.4, 0.5) is 0 Å². The summed E-state index contributed by atoms with van der Waals surface area (Å²) in [4.78, 5) is 0. The number of aliphatic hydroxyl groups excluding tert-OH is 2. The van der Waals surface area contributed by atoms with Crippen LogP contribution in [0.2, 0.25) is 0 Å². The van der Waals surface area contributed by atoms with E-state index in [2.05, 4.69) is 0 Å². The fraction of sp³-hybridized carbons (Fsp3) is 0.556. The van der Waals surface area contributed by atoms with E-state index in [-0.39, 0.29) is 6.61 Å². The summed E-state index contributed by atoms with van der Waals surface area (Å²) in [5, 5.41) is 38.8. The van der Waals surface area contributed by atoms with Gasteiger partial charge in [-0.25, -0.2) is 0 Å². The van der Waals surface area contributed by atoms with Crippen LogP contribution >= 0.6 is 0 Å². The van der Waals surface area contributed by atoms with Crippen LogP contribution in [0.15, 0.2) is 47.6 Å². The first-order valence-corrected chi connectivity index (χ1v) is 7.84. The van der Waals surface area contributed by atoms with E-state index in [1.165, 1.54) is 0 Å². The molecule has 0 amide bonds. The summed E-state index contributed by atoms with van der Waals surface area (Å²) in [6, 6.07) is 0. The lowest BCUT2D eigenvalue weighted by atomic mass is 9.84. The van der Waals surface area contributed by atoms with Crippen molar-refractivity contribution >= 4 is 0 Å². The minimum atomic E-state index is -0.949. The third kappa shape index (κ3) is 4.65. The Balaban J connectivity index is 1.91. The SMILES string of the molecule is CC(O)CC1(O)C=CC(CC2=CCC(O)(CCO)C=C2)=CC1. The van der Waals surface area contributed by atoms with Gasteiger partial charge in [-0.2, -0.15) is 0 Å². The lowest BCUT2D eigenvalue weighted by Crippen LogP contribution is -2.31. The molecule has 0 aliphatic heterocycles. The molecule has 0 heterocycles. The highest BCUT2D eigenvalue weighted by Crippen LogP contribution is 2.31. The van der Waals surface area contributed by atoms with Crippen LogP contribution in [-0.4, -0.2) is 44.3 Å². The molecule has 122 valence electrons. The van der Waals surface area contributed by atoms with E-state index in [4.69, 9.17) is 5.11 Å². The number of hydrogen-bond donors (Lipinski definition) is 4. The summed E-state index contributed by atoms with van der Waals surface area (Å²) in [6.45, 7) is 1.65. The molecule has 0 aromatic rings. The van der Waals surface area contributed by atoms with Gasteiger partial charge in [0.25, 0.3) is 0 Å². The van der Waals surface area contributed by atoms with E-state index < -0.39 is 17.3 Å². The van der Waals surface area contributed by atoms with Crippen molar-refractivity contribution in [2.45, 2.75) is 56.3 Å². The quantitative estimate of drug-likeness (QED) is 0.603. The molecule has 0 saturated carbocycles. The van der Waals surface area contributed by atoms with E-state index in [9.17, 15) is 15.3 Å². The third-order valence-corrected chi connectivity index (χ3v) is 4.25. The van der Waals surface area contributed by atoms with E-state index in [1.807, 2.05) is 24.3 Å². The average molecular weight is 306 g/mol. The second-order valence-corrected chi connectivity index (χ2v) is 6.54. The molecule has 4 N–H and O–H groups in total. The predicted molar refractivity (Wildman–Crippen MR) is 86.2 cm³/mol. The van der Waals surface area contributed by atoms with Gasteiger partial charge in [-0.05, 0) is 37.3 Å². The molecule has 0 bridgehead atoms. The van der Waals surface area contributed by atoms with Crippen molar-refractivity contribution in [3.63, 3.8) is 0 Å². The molecule has 4 heteroatoms. The first-order valence-electron chi connectivity index (χ1n) is 7.84. The Labute approximate surface area is 131 Å². The Morgan fingerprint density at radius 3 is 2.00 bits per heavy atom. The highest BCUT2D eigenvalue weighted by molar-refractivity contribution is 5.37. The molecule has 2 aliphatic rings. The second kappa shape index (κ2) is 6.92. The third-order valence-electron chi connectivity index (χ3n) is 4.25.